The van der Waals surface area contributed by atoms with Crippen LogP contribution in [0.4, 0.5) is 0 Å². The van der Waals surface area contributed by atoms with Gasteiger partial charge in [-0.15, -0.1) is 0 Å². The number of aliphatic carboxylic acids is 1. The number of fused-ring (bicyclic) bond motifs is 6. The number of amides is 1. The minimum Gasteiger partial charge on any atom is -0.481 e. The van der Waals surface area contributed by atoms with Gasteiger partial charge < -0.3 is 111 Å². The third kappa shape index (κ3) is 45.8. The Morgan fingerprint density at radius 2 is 0.602 bits per heavy atom. The standard InChI is InChI=1S/C42H63NO13.C25H28O6.C17H37NO8/c1-42(2,3)56-39(44)14-13-33(31-40(45)55-32-38-36-11-7-5-9-34(36)35-10-6-8-12-37(35)38)41(46)43-15-16-48-19-20-50-23-24-52-27-28-54-30-29-53-26-25-51-22-21-49-18-17-47-4;1-25(2,3)31-22(26)13-12-16(24(28)29)14-23(27)30-15-21-19-10-6-4-8-17(19)18-9-5-7-11-20(18)21;1-19-4-5-21-8-9-23-12-13-25-16-17-26-15-14-24-11-10-22-7-6-20-3-2-18/h5-12,33,38H,13-32H2,1-4H3,(H,43,46);4-11,16,21H,12-15H2,1-3H3,(H,28,29);2-18H2,1H3/t33-;16-;/m11./s1. The number of hydrogen-bond acceptors (Lipinski definition) is 27. The fraction of sp³-hybridized carbons (Fsp3) is 0.643. The Morgan fingerprint density at radius 3 is 0.867 bits per heavy atom. The molecule has 636 valence electrons. The first-order valence-corrected chi connectivity index (χ1v) is 39.1. The average molecular weight is 1600 g/mol. The van der Waals surface area contributed by atoms with Crippen LogP contribution in [0.15, 0.2) is 97.1 Å². The number of carbonyl (C=O) groups excluding carboxylic acids is 5. The van der Waals surface area contributed by atoms with Crippen LogP contribution in [0.5, 0.6) is 0 Å². The molecule has 0 saturated heterocycles. The summed E-state index contributed by atoms with van der Waals surface area (Å²) in [5, 5.41) is 12.3. The second kappa shape index (κ2) is 61.4. The lowest BCUT2D eigenvalue weighted by atomic mass is 9.97. The molecule has 1 amide bonds. The van der Waals surface area contributed by atoms with Crippen LogP contribution in [0, 0.1) is 11.8 Å². The fourth-order valence-electron chi connectivity index (χ4n) is 11.4. The summed E-state index contributed by atoms with van der Waals surface area (Å²) in [6.45, 7) is 26.9. The summed E-state index contributed by atoms with van der Waals surface area (Å²) < 4.78 is 107. The predicted molar refractivity (Wildman–Crippen MR) is 421 cm³/mol. The van der Waals surface area contributed by atoms with Gasteiger partial charge in [-0.2, -0.15) is 0 Å². The third-order valence-corrected chi connectivity index (χ3v) is 16.7. The van der Waals surface area contributed by atoms with Gasteiger partial charge in [0.2, 0.25) is 5.91 Å². The van der Waals surface area contributed by atoms with E-state index in [2.05, 4.69) is 29.6 Å². The monoisotopic (exact) mass is 1600 g/mol. The van der Waals surface area contributed by atoms with Crippen molar-refractivity contribution in [1.82, 2.24) is 5.32 Å². The van der Waals surface area contributed by atoms with Crippen LogP contribution in [0.25, 0.3) is 22.3 Å². The van der Waals surface area contributed by atoms with Gasteiger partial charge in [-0.1, -0.05) is 97.1 Å². The minimum atomic E-state index is -1.13. The molecule has 6 rings (SSSR count). The van der Waals surface area contributed by atoms with E-state index in [1.807, 2.05) is 72.8 Å². The summed E-state index contributed by atoms with van der Waals surface area (Å²) in [6, 6.07) is 32.2. The van der Waals surface area contributed by atoms with Gasteiger partial charge in [0, 0.05) is 57.9 Å². The van der Waals surface area contributed by atoms with Crippen LogP contribution < -0.4 is 11.1 Å². The lowest BCUT2D eigenvalue weighted by Gasteiger charge is -2.21. The van der Waals surface area contributed by atoms with Crippen molar-refractivity contribution in [3.05, 3.63) is 119 Å². The fourth-order valence-corrected chi connectivity index (χ4v) is 11.4. The molecule has 0 fully saturated rings. The van der Waals surface area contributed by atoms with Gasteiger partial charge in [0.1, 0.15) is 24.4 Å². The van der Waals surface area contributed by atoms with E-state index in [1.54, 1.807) is 55.8 Å². The average Bonchev–Trinajstić information content (AvgIpc) is 1.63. The molecule has 2 atom stereocenters. The number of methoxy groups -OCH3 is 2. The Balaban J connectivity index is 0.000000396. The number of hydrogen-bond donors (Lipinski definition) is 3. The van der Waals surface area contributed by atoms with Crippen LogP contribution in [0.2, 0.25) is 0 Å². The van der Waals surface area contributed by atoms with Gasteiger partial charge in [-0.3, -0.25) is 28.8 Å². The second-order valence-electron chi connectivity index (χ2n) is 27.8. The first kappa shape index (κ1) is 98.4. The Bertz CT molecular complexity index is 3080. The van der Waals surface area contributed by atoms with E-state index in [4.69, 9.17) is 100 Å². The molecule has 4 aromatic carbocycles. The number of carboxylic acid groups (broad SMARTS) is 1. The highest BCUT2D eigenvalue weighted by atomic mass is 16.6. The zero-order valence-electron chi connectivity index (χ0n) is 68.0. The molecule has 0 radical (unpaired) electrons. The molecular formula is C84H128N2O27. The molecule has 0 heterocycles. The summed E-state index contributed by atoms with van der Waals surface area (Å²) in [4.78, 5) is 74.6. The molecule has 4 aromatic rings. The molecule has 0 unspecified atom stereocenters. The molecule has 0 bridgehead atoms. The van der Waals surface area contributed by atoms with Crippen molar-refractivity contribution in [2.45, 2.75) is 103 Å². The number of ether oxygens (including phenoxy) is 20. The van der Waals surface area contributed by atoms with Gasteiger partial charge in [0.05, 0.1) is 217 Å². The number of nitrogens with one attached hydrogen (secondary N) is 1. The van der Waals surface area contributed by atoms with Crippen molar-refractivity contribution in [1.29, 1.82) is 0 Å². The maximum Gasteiger partial charge on any atom is 0.307 e. The minimum absolute atomic E-state index is 0.00417. The molecular weight excluding hydrogens is 1470 g/mol. The highest BCUT2D eigenvalue weighted by Gasteiger charge is 2.33. The highest BCUT2D eigenvalue weighted by molar-refractivity contribution is 5.85. The smallest absolute Gasteiger partial charge is 0.307 e. The van der Waals surface area contributed by atoms with Gasteiger partial charge in [0.25, 0.3) is 0 Å². The lowest BCUT2D eigenvalue weighted by Crippen LogP contribution is -2.35. The predicted octanol–water partition coefficient (Wildman–Crippen LogP) is 8.61. The molecule has 113 heavy (non-hydrogen) atoms. The summed E-state index contributed by atoms with van der Waals surface area (Å²) in [5.41, 5.74) is 12.9. The topological polar surface area (TPSA) is 345 Å². The van der Waals surface area contributed by atoms with E-state index in [0.29, 0.717) is 198 Å². The Labute approximate surface area is 667 Å². The van der Waals surface area contributed by atoms with E-state index in [1.165, 1.54) is 0 Å². The summed E-state index contributed by atoms with van der Waals surface area (Å²) in [7, 11) is 3.28. The van der Waals surface area contributed by atoms with Crippen molar-refractivity contribution in [2.24, 2.45) is 17.6 Å². The van der Waals surface area contributed by atoms with Gasteiger partial charge in [-0.25, -0.2) is 0 Å². The molecule has 29 heteroatoms. The van der Waals surface area contributed by atoms with Gasteiger partial charge in [-0.05, 0) is 98.9 Å². The number of carbonyl (C=O) groups is 6. The Hall–Kier alpha value is -6.98. The largest absolute Gasteiger partial charge is 0.481 e. The molecule has 4 N–H and O–H groups in total. The second-order valence-corrected chi connectivity index (χ2v) is 27.8. The maximum atomic E-state index is 13.2. The molecule has 29 nitrogen and oxygen atoms in total. The first-order valence-electron chi connectivity index (χ1n) is 39.1. The molecule has 0 aliphatic heterocycles. The summed E-state index contributed by atoms with van der Waals surface area (Å²) >= 11 is 0. The molecule has 2 aliphatic carbocycles. The number of nitrogens with two attached hydrogens (primary N) is 1. The number of benzene rings is 4. The zero-order valence-corrected chi connectivity index (χ0v) is 68.0. The third-order valence-electron chi connectivity index (χ3n) is 16.7. The van der Waals surface area contributed by atoms with E-state index >= 15 is 0 Å². The van der Waals surface area contributed by atoms with Crippen molar-refractivity contribution in [2.75, 3.05) is 239 Å². The van der Waals surface area contributed by atoms with Gasteiger partial charge in [0.15, 0.2) is 0 Å². The van der Waals surface area contributed by atoms with E-state index in [0.717, 1.165) is 44.5 Å². The van der Waals surface area contributed by atoms with Crippen LogP contribution >= 0.6 is 0 Å². The zero-order chi connectivity index (χ0) is 81.8. The molecule has 2 aliphatic rings. The summed E-state index contributed by atoms with van der Waals surface area (Å²) in [6.07, 6.45) is -0.347. The number of carboxylic acids is 1. The number of esters is 4. The molecule has 0 saturated carbocycles. The lowest BCUT2D eigenvalue weighted by molar-refractivity contribution is -0.157. The summed E-state index contributed by atoms with van der Waals surface area (Å²) in [5.74, 6) is -5.41. The van der Waals surface area contributed by atoms with Crippen LogP contribution in [0.1, 0.15) is 114 Å². The van der Waals surface area contributed by atoms with Crippen LogP contribution in [-0.4, -0.2) is 291 Å². The Morgan fingerprint density at radius 1 is 0.354 bits per heavy atom. The van der Waals surface area contributed by atoms with Crippen molar-refractivity contribution in [3.8, 4) is 22.3 Å². The van der Waals surface area contributed by atoms with Crippen LogP contribution in [0.3, 0.4) is 0 Å². The van der Waals surface area contributed by atoms with Crippen molar-refractivity contribution < 1.29 is 129 Å². The SMILES string of the molecule is CC(C)(C)OC(=O)CC[C@H](CC(=O)OCC1c2ccccc2-c2ccccc21)C(=O)O.COCCOCCOCCOCCOCCOCCOCCOCCN.COCCOCCOCCOCCOCCOCCOCCOCCNC(=O)[C@H](CCC(=O)OC(C)(C)C)CC(=O)OCC1c2ccccc2-c2ccccc21. The number of rotatable bonds is 63. The van der Waals surface area contributed by atoms with E-state index in [-0.39, 0.29) is 82.6 Å². The normalized spacial score (nSPS) is 12.8. The maximum absolute atomic E-state index is 13.2. The Kier molecular flexibility index (Phi) is 53.5. The molecule has 0 spiro atoms. The molecule has 0 aromatic heterocycles. The first-order chi connectivity index (χ1) is 54.8. The quantitative estimate of drug-likeness (QED) is 0.0211. The van der Waals surface area contributed by atoms with Crippen LogP contribution in [-0.2, 0) is 124 Å². The van der Waals surface area contributed by atoms with E-state index < -0.39 is 52.9 Å². The van der Waals surface area contributed by atoms with Gasteiger partial charge >= 0.3 is 29.8 Å². The highest BCUT2D eigenvalue weighted by Crippen LogP contribution is 2.46. The van der Waals surface area contributed by atoms with Crippen molar-refractivity contribution >= 4 is 35.8 Å². The van der Waals surface area contributed by atoms with E-state index in [9.17, 15) is 33.9 Å². The van der Waals surface area contributed by atoms with Crippen molar-refractivity contribution in [3.63, 3.8) is 0 Å².